The number of hydrogen-bond donors (Lipinski definition) is 0. The lowest BCUT2D eigenvalue weighted by Crippen LogP contribution is -2.36. The summed E-state index contributed by atoms with van der Waals surface area (Å²) in [5.41, 5.74) is 3.50. The van der Waals surface area contributed by atoms with Gasteiger partial charge < -0.3 is 4.90 Å². The third-order valence-corrected chi connectivity index (χ3v) is 5.51. The number of carbonyl (C=O) groups is 1. The molecule has 1 unspecified atom stereocenters. The molecule has 0 saturated heterocycles. The summed E-state index contributed by atoms with van der Waals surface area (Å²) in [6.07, 6.45) is 11.3. The molecule has 2 aromatic rings. The minimum absolute atomic E-state index is 0.0881. The molecule has 0 radical (unpaired) electrons. The fraction of sp³-hybridized carbons (Fsp3) is 0.583. The Hall–Kier alpha value is -2.30. The van der Waals surface area contributed by atoms with Gasteiger partial charge in [0, 0.05) is 49.2 Å². The standard InChI is InChI=1S/C24H34N4O/c1-6-11-28(16-17(2)21-15-25-10-9-20(21)19-7-8-19)22(29)12-18-13-26-23(27-14-18)24(3,4)5/h9-10,13-15,17,19H,6-8,11-12,16H2,1-5H3. The molecule has 5 nitrogen and oxygen atoms in total. The van der Waals surface area contributed by atoms with Crippen LogP contribution in [0.15, 0.2) is 30.9 Å². The van der Waals surface area contributed by atoms with Crippen molar-refractivity contribution in [3.8, 4) is 0 Å². The van der Waals surface area contributed by atoms with E-state index in [1.54, 1.807) is 12.4 Å². The lowest BCUT2D eigenvalue weighted by Gasteiger charge is -2.27. The van der Waals surface area contributed by atoms with Crippen molar-refractivity contribution in [1.82, 2.24) is 19.9 Å². The second-order valence-electron chi connectivity index (χ2n) is 9.36. The highest BCUT2D eigenvalue weighted by molar-refractivity contribution is 5.78. The van der Waals surface area contributed by atoms with Gasteiger partial charge in [-0.05, 0) is 47.9 Å². The molecule has 1 aliphatic rings. The van der Waals surface area contributed by atoms with Crippen LogP contribution in [0.4, 0.5) is 0 Å². The Bertz CT molecular complexity index is 822. The molecule has 0 aromatic carbocycles. The average molecular weight is 395 g/mol. The Kier molecular flexibility index (Phi) is 6.66. The first-order valence-corrected chi connectivity index (χ1v) is 10.8. The van der Waals surface area contributed by atoms with Gasteiger partial charge in [-0.1, -0.05) is 34.6 Å². The number of rotatable bonds is 8. The molecule has 1 atom stereocenters. The van der Waals surface area contributed by atoms with Crippen LogP contribution in [0, 0.1) is 0 Å². The van der Waals surface area contributed by atoms with Crippen LogP contribution in [0.25, 0.3) is 0 Å². The van der Waals surface area contributed by atoms with Gasteiger partial charge in [-0.3, -0.25) is 9.78 Å². The third-order valence-electron chi connectivity index (χ3n) is 5.51. The van der Waals surface area contributed by atoms with E-state index in [0.29, 0.717) is 12.3 Å². The second kappa shape index (κ2) is 9.02. The molecule has 156 valence electrons. The normalized spacial score (nSPS) is 15.2. The first-order chi connectivity index (χ1) is 13.8. The molecule has 0 aliphatic heterocycles. The topological polar surface area (TPSA) is 59.0 Å². The predicted molar refractivity (Wildman–Crippen MR) is 116 cm³/mol. The molecule has 1 aliphatic carbocycles. The molecule has 3 rings (SSSR count). The average Bonchev–Trinajstić information content (AvgIpc) is 3.52. The maximum absolute atomic E-state index is 13.0. The largest absolute Gasteiger partial charge is 0.342 e. The Labute approximate surface area is 175 Å². The fourth-order valence-corrected chi connectivity index (χ4v) is 3.73. The summed E-state index contributed by atoms with van der Waals surface area (Å²) in [5, 5.41) is 0. The van der Waals surface area contributed by atoms with Crippen molar-refractivity contribution < 1.29 is 4.79 Å². The lowest BCUT2D eigenvalue weighted by molar-refractivity contribution is -0.130. The zero-order valence-electron chi connectivity index (χ0n) is 18.5. The molecular weight excluding hydrogens is 360 g/mol. The zero-order chi connectivity index (χ0) is 21.0. The summed E-state index contributed by atoms with van der Waals surface area (Å²) < 4.78 is 0. The van der Waals surface area contributed by atoms with E-state index in [9.17, 15) is 4.79 Å². The number of carbonyl (C=O) groups excluding carboxylic acids is 1. The SMILES string of the molecule is CCCN(CC(C)c1cnccc1C1CC1)C(=O)Cc1cnc(C(C)(C)C)nc1. The van der Waals surface area contributed by atoms with Crippen molar-refractivity contribution in [1.29, 1.82) is 0 Å². The number of pyridine rings is 1. The summed E-state index contributed by atoms with van der Waals surface area (Å²) in [6, 6.07) is 2.16. The van der Waals surface area contributed by atoms with Crippen molar-refractivity contribution in [3.05, 3.63) is 53.4 Å². The Balaban J connectivity index is 1.68. The highest BCUT2D eigenvalue weighted by Crippen LogP contribution is 2.43. The molecule has 0 spiro atoms. The number of aromatic nitrogens is 3. The number of hydrogen-bond acceptors (Lipinski definition) is 4. The molecule has 1 fully saturated rings. The van der Waals surface area contributed by atoms with Crippen LogP contribution in [-0.4, -0.2) is 38.8 Å². The van der Waals surface area contributed by atoms with Gasteiger partial charge in [0.2, 0.25) is 5.91 Å². The van der Waals surface area contributed by atoms with Crippen molar-refractivity contribution in [3.63, 3.8) is 0 Å². The quantitative estimate of drug-likeness (QED) is 0.655. The van der Waals surface area contributed by atoms with E-state index >= 15 is 0 Å². The molecule has 2 heterocycles. The van der Waals surface area contributed by atoms with E-state index in [0.717, 1.165) is 30.9 Å². The minimum atomic E-state index is -0.0881. The van der Waals surface area contributed by atoms with E-state index in [1.807, 2.05) is 17.3 Å². The molecular formula is C24H34N4O. The van der Waals surface area contributed by atoms with Crippen LogP contribution in [0.1, 0.15) is 88.2 Å². The zero-order valence-corrected chi connectivity index (χ0v) is 18.5. The summed E-state index contributed by atoms with van der Waals surface area (Å²) in [4.78, 5) is 28.3. The highest BCUT2D eigenvalue weighted by Gasteiger charge is 2.28. The molecule has 1 saturated carbocycles. The van der Waals surface area contributed by atoms with E-state index in [1.165, 1.54) is 24.0 Å². The third kappa shape index (κ3) is 5.62. The Morgan fingerprint density at radius 2 is 1.90 bits per heavy atom. The first kappa shape index (κ1) is 21.4. The monoisotopic (exact) mass is 394 g/mol. The Morgan fingerprint density at radius 1 is 1.21 bits per heavy atom. The molecule has 1 amide bonds. The van der Waals surface area contributed by atoms with Crippen LogP contribution in [0.3, 0.4) is 0 Å². The van der Waals surface area contributed by atoms with Gasteiger partial charge in [-0.25, -0.2) is 9.97 Å². The van der Waals surface area contributed by atoms with E-state index in [2.05, 4.69) is 55.6 Å². The van der Waals surface area contributed by atoms with E-state index in [-0.39, 0.29) is 17.2 Å². The predicted octanol–water partition coefficient (Wildman–Crippen LogP) is 4.63. The summed E-state index contributed by atoms with van der Waals surface area (Å²) in [7, 11) is 0. The molecule has 0 N–H and O–H groups in total. The molecule has 29 heavy (non-hydrogen) atoms. The fourth-order valence-electron chi connectivity index (χ4n) is 3.73. The van der Waals surface area contributed by atoms with Gasteiger partial charge in [0.25, 0.3) is 0 Å². The molecule has 5 heteroatoms. The Morgan fingerprint density at radius 3 is 2.48 bits per heavy atom. The van der Waals surface area contributed by atoms with Gasteiger partial charge in [0.1, 0.15) is 5.82 Å². The first-order valence-electron chi connectivity index (χ1n) is 10.8. The van der Waals surface area contributed by atoms with Gasteiger partial charge in [0.05, 0.1) is 6.42 Å². The van der Waals surface area contributed by atoms with Crippen molar-refractivity contribution >= 4 is 5.91 Å². The lowest BCUT2D eigenvalue weighted by atomic mass is 9.94. The van der Waals surface area contributed by atoms with Gasteiger partial charge in [0.15, 0.2) is 0 Å². The van der Waals surface area contributed by atoms with Crippen LogP contribution in [0.2, 0.25) is 0 Å². The van der Waals surface area contributed by atoms with Crippen LogP contribution >= 0.6 is 0 Å². The van der Waals surface area contributed by atoms with E-state index in [4.69, 9.17) is 0 Å². The minimum Gasteiger partial charge on any atom is -0.342 e. The van der Waals surface area contributed by atoms with Gasteiger partial charge >= 0.3 is 0 Å². The maximum Gasteiger partial charge on any atom is 0.227 e. The molecule has 0 bridgehead atoms. The van der Waals surface area contributed by atoms with Crippen molar-refractivity contribution in [2.24, 2.45) is 0 Å². The molecule has 2 aromatic heterocycles. The van der Waals surface area contributed by atoms with Gasteiger partial charge in [-0.15, -0.1) is 0 Å². The summed E-state index contributed by atoms with van der Waals surface area (Å²) in [6.45, 7) is 12.1. The van der Waals surface area contributed by atoms with E-state index < -0.39 is 0 Å². The van der Waals surface area contributed by atoms with Crippen LogP contribution in [0.5, 0.6) is 0 Å². The van der Waals surface area contributed by atoms with Crippen LogP contribution in [-0.2, 0) is 16.6 Å². The smallest absolute Gasteiger partial charge is 0.227 e. The summed E-state index contributed by atoms with van der Waals surface area (Å²) >= 11 is 0. The highest BCUT2D eigenvalue weighted by atomic mass is 16.2. The maximum atomic E-state index is 13.0. The number of amides is 1. The van der Waals surface area contributed by atoms with Crippen molar-refractivity contribution in [2.45, 2.75) is 77.6 Å². The van der Waals surface area contributed by atoms with Crippen LogP contribution < -0.4 is 0 Å². The summed E-state index contributed by atoms with van der Waals surface area (Å²) in [5.74, 6) is 1.90. The second-order valence-corrected chi connectivity index (χ2v) is 9.36. The number of nitrogens with zero attached hydrogens (tertiary/aromatic N) is 4. The van der Waals surface area contributed by atoms with Gasteiger partial charge in [-0.2, -0.15) is 0 Å². The van der Waals surface area contributed by atoms with Crippen molar-refractivity contribution in [2.75, 3.05) is 13.1 Å².